The quantitative estimate of drug-likeness (QED) is 0.529. The lowest BCUT2D eigenvalue weighted by Gasteiger charge is -2.27. The minimum Gasteiger partial charge on any atom is -0.330 e. The zero-order valence-corrected chi connectivity index (χ0v) is 6.06. The van der Waals surface area contributed by atoms with Gasteiger partial charge in [-0.2, -0.15) is 0 Å². The third kappa shape index (κ3) is 1.66. The molecule has 3 N–H and O–H groups in total. The fourth-order valence-corrected chi connectivity index (χ4v) is 1.37. The molecule has 0 aromatic rings. The fourth-order valence-electron chi connectivity index (χ4n) is 1.37. The molecule has 0 radical (unpaired) electrons. The summed E-state index contributed by atoms with van der Waals surface area (Å²) in [5, 5.41) is 3.34. The Morgan fingerprint density at radius 1 is 1.67 bits per heavy atom. The lowest BCUT2D eigenvalue weighted by molar-refractivity contribution is 0.281. The first-order valence-electron chi connectivity index (χ1n) is 3.75. The lowest BCUT2D eigenvalue weighted by atomic mass is 9.88. The van der Waals surface area contributed by atoms with Gasteiger partial charge in [0.1, 0.15) is 0 Å². The van der Waals surface area contributed by atoms with Gasteiger partial charge < -0.3 is 11.1 Å². The first-order chi connectivity index (χ1) is 4.34. The van der Waals surface area contributed by atoms with Crippen LogP contribution in [0.1, 0.15) is 13.3 Å². The molecule has 1 rings (SSSR count). The summed E-state index contributed by atoms with van der Waals surface area (Å²) >= 11 is 0. The Kier molecular flexibility index (Phi) is 2.49. The predicted molar refractivity (Wildman–Crippen MR) is 39.2 cm³/mol. The maximum Gasteiger partial charge on any atom is -0.000589 e. The third-order valence-corrected chi connectivity index (χ3v) is 2.29. The van der Waals surface area contributed by atoms with Crippen LogP contribution in [-0.4, -0.2) is 19.6 Å². The van der Waals surface area contributed by atoms with Gasteiger partial charge in [0, 0.05) is 0 Å². The van der Waals surface area contributed by atoms with Crippen molar-refractivity contribution in [3.63, 3.8) is 0 Å². The second-order valence-electron chi connectivity index (χ2n) is 2.97. The van der Waals surface area contributed by atoms with E-state index >= 15 is 0 Å². The van der Waals surface area contributed by atoms with E-state index in [1.165, 1.54) is 13.0 Å². The number of hydrogen-bond acceptors (Lipinski definition) is 2. The molecule has 1 aliphatic heterocycles. The maximum absolute atomic E-state index is 5.55. The summed E-state index contributed by atoms with van der Waals surface area (Å²) in [6.45, 7) is 5.43. The molecule has 0 aromatic heterocycles. The van der Waals surface area contributed by atoms with E-state index < -0.39 is 0 Å². The highest BCUT2D eigenvalue weighted by Gasteiger charge is 2.18. The average molecular weight is 128 g/mol. The van der Waals surface area contributed by atoms with Crippen LogP contribution in [0.2, 0.25) is 0 Å². The first-order valence-corrected chi connectivity index (χ1v) is 3.75. The largest absolute Gasteiger partial charge is 0.330 e. The van der Waals surface area contributed by atoms with Gasteiger partial charge in [0.15, 0.2) is 0 Å². The van der Waals surface area contributed by atoms with Crippen molar-refractivity contribution in [1.82, 2.24) is 5.32 Å². The van der Waals surface area contributed by atoms with Gasteiger partial charge in [-0.3, -0.25) is 0 Å². The van der Waals surface area contributed by atoms with Gasteiger partial charge in [-0.25, -0.2) is 0 Å². The molecule has 0 bridgehead atoms. The van der Waals surface area contributed by atoms with E-state index in [2.05, 4.69) is 12.2 Å². The molecule has 0 unspecified atom stereocenters. The summed E-state index contributed by atoms with van der Waals surface area (Å²) in [6, 6.07) is 0. The van der Waals surface area contributed by atoms with Crippen molar-refractivity contribution in [3.05, 3.63) is 0 Å². The molecule has 54 valence electrons. The van der Waals surface area contributed by atoms with Crippen LogP contribution in [0.25, 0.3) is 0 Å². The third-order valence-electron chi connectivity index (χ3n) is 2.29. The van der Waals surface area contributed by atoms with E-state index in [9.17, 15) is 0 Å². The van der Waals surface area contributed by atoms with Crippen LogP contribution in [0, 0.1) is 11.8 Å². The van der Waals surface area contributed by atoms with Gasteiger partial charge in [0.05, 0.1) is 0 Å². The summed E-state index contributed by atoms with van der Waals surface area (Å²) in [6.07, 6.45) is 1.29. The van der Waals surface area contributed by atoms with E-state index in [0.717, 1.165) is 24.9 Å². The van der Waals surface area contributed by atoms with Gasteiger partial charge in [0.2, 0.25) is 0 Å². The molecule has 0 spiro atoms. The molecule has 1 saturated heterocycles. The van der Waals surface area contributed by atoms with Crippen molar-refractivity contribution in [1.29, 1.82) is 0 Å². The summed E-state index contributed by atoms with van der Waals surface area (Å²) in [5.41, 5.74) is 5.55. The van der Waals surface area contributed by atoms with Crippen molar-refractivity contribution in [2.24, 2.45) is 17.6 Å². The molecule has 1 heterocycles. The number of hydrogen-bond donors (Lipinski definition) is 2. The molecule has 0 aromatic carbocycles. The molecule has 2 nitrogen and oxygen atoms in total. The molecule has 0 aliphatic carbocycles. The van der Waals surface area contributed by atoms with Crippen LogP contribution in [0.15, 0.2) is 0 Å². The topological polar surface area (TPSA) is 38.0 Å². The van der Waals surface area contributed by atoms with E-state index in [0.29, 0.717) is 0 Å². The van der Waals surface area contributed by atoms with Gasteiger partial charge in [-0.1, -0.05) is 6.92 Å². The summed E-state index contributed by atoms with van der Waals surface area (Å²) in [5.74, 6) is 1.55. The van der Waals surface area contributed by atoms with E-state index in [-0.39, 0.29) is 0 Å². The molecule has 9 heavy (non-hydrogen) atoms. The van der Waals surface area contributed by atoms with Crippen LogP contribution in [0.5, 0.6) is 0 Å². The SMILES string of the molecule is C[C@@H]1CCNC[C@H]1CN. The molecule has 1 aliphatic rings. The highest BCUT2D eigenvalue weighted by Crippen LogP contribution is 2.16. The van der Waals surface area contributed by atoms with E-state index in [4.69, 9.17) is 5.73 Å². The second kappa shape index (κ2) is 3.18. The Morgan fingerprint density at radius 3 is 2.89 bits per heavy atom. The Morgan fingerprint density at radius 2 is 2.44 bits per heavy atom. The van der Waals surface area contributed by atoms with Crippen molar-refractivity contribution in [2.45, 2.75) is 13.3 Å². The minimum atomic E-state index is 0.721. The Balaban J connectivity index is 2.30. The number of rotatable bonds is 1. The fraction of sp³-hybridized carbons (Fsp3) is 1.00. The summed E-state index contributed by atoms with van der Waals surface area (Å²) < 4.78 is 0. The standard InChI is InChI=1S/C7H16N2/c1-6-2-3-9-5-7(6)4-8/h6-7,9H,2-5,8H2,1H3/t6-,7-/m1/s1. The van der Waals surface area contributed by atoms with Crippen LogP contribution in [-0.2, 0) is 0 Å². The van der Waals surface area contributed by atoms with Crippen molar-refractivity contribution in [2.75, 3.05) is 19.6 Å². The van der Waals surface area contributed by atoms with Crippen LogP contribution < -0.4 is 11.1 Å². The van der Waals surface area contributed by atoms with Gasteiger partial charge >= 0.3 is 0 Å². The molecular weight excluding hydrogens is 112 g/mol. The molecule has 2 heteroatoms. The molecule has 0 saturated carbocycles. The second-order valence-corrected chi connectivity index (χ2v) is 2.97. The van der Waals surface area contributed by atoms with Gasteiger partial charge in [-0.15, -0.1) is 0 Å². The van der Waals surface area contributed by atoms with Gasteiger partial charge in [-0.05, 0) is 37.9 Å². The van der Waals surface area contributed by atoms with Crippen molar-refractivity contribution < 1.29 is 0 Å². The minimum absolute atomic E-state index is 0.721. The highest BCUT2D eigenvalue weighted by atomic mass is 14.9. The lowest BCUT2D eigenvalue weighted by Crippen LogP contribution is -2.39. The van der Waals surface area contributed by atoms with Crippen LogP contribution in [0.4, 0.5) is 0 Å². The highest BCUT2D eigenvalue weighted by molar-refractivity contribution is 4.75. The van der Waals surface area contributed by atoms with Crippen LogP contribution in [0.3, 0.4) is 0 Å². The zero-order chi connectivity index (χ0) is 6.69. The normalized spacial score (nSPS) is 36.7. The maximum atomic E-state index is 5.55. The number of nitrogens with two attached hydrogens (primary N) is 1. The monoisotopic (exact) mass is 128 g/mol. The molecule has 2 atom stereocenters. The zero-order valence-electron chi connectivity index (χ0n) is 6.06. The van der Waals surface area contributed by atoms with Crippen molar-refractivity contribution >= 4 is 0 Å². The molecular formula is C7H16N2. The molecule has 1 fully saturated rings. The van der Waals surface area contributed by atoms with E-state index in [1.54, 1.807) is 0 Å². The summed E-state index contributed by atoms with van der Waals surface area (Å²) in [7, 11) is 0. The Hall–Kier alpha value is -0.0800. The Labute approximate surface area is 56.8 Å². The molecule has 0 amide bonds. The smallest absolute Gasteiger partial charge is 0.000589 e. The average Bonchev–Trinajstić information content (AvgIpc) is 1.89. The Bertz CT molecular complexity index is 83.0. The number of piperidine rings is 1. The predicted octanol–water partition coefficient (Wildman–Crippen LogP) is 0.191. The van der Waals surface area contributed by atoms with Crippen LogP contribution >= 0.6 is 0 Å². The first kappa shape index (κ1) is 7.03. The number of nitrogens with one attached hydrogen (secondary N) is 1. The summed E-state index contributed by atoms with van der Waals surface area (Å²) in [4.78, 5) is 0. The van der Waals surface area contributed by atoms with E-state index in [1.807, 2.05) is 0 Å². The van der Waals surface area contributed by atoms with Crippen molar-refractivity contribution in [3.8, 4) is 0 Å². The van der Waals surface area contributed by atoms with Gasteiger partial charge in [0.25, 0.3) is 0 Å².